The molecule has 0 aromatic carbocycles. The third kappa shape index (κ3) is 10.6. The summed E-state index contributed by atoms with van der Waals surface area (Å²) in [5.41, 5.74) is 10.8. The minimum atomic E-state index is -1.29. The molecule has 3 amide bonds. The van der Waals surface area contributed by atoms with Gasteiger partial charge in [0.05, 0.1) is 12.1 Å². The number of carboxylic acid groups (broad SMARTS) is 1. The van der Waals surface area contributed by atoms with E-state index in [1.807, 2.05) is 0 Å². The van der Waals surface area contributed by atoms with Gasteiger partial charge >= 0.3 is 5.97 Å². The van der Waals surface area contributed by atoms with Crippen molar-refractivity contribution in [2.24, 2.45) is 11.5 Å². The van der Waals surface area contributed by atoms with Crippen LogP contribution in [-0.2, 0) is 24.0 Å². The number of aliphatic carboxylic acids is 1. The third-order valence-corrected chi connectivity index (χ3v) is 3.86. The summed E-state index contributed by atoms with van der Waals surface area (Å²) in [6.45, 7) is 3.35. The fourth-order valence-electron chi connectivity index (χ4n) is 2.22. The van der Waals surface area contributed by atoms with Gasteiger partial charge in [-0.1, -0.05) is 0 Å². The summed E-state index contributed by atoms with van der Waals surface area (Å²) in [6, 6.07) is -3.73. The maximum Gasteiger partial charge on any atom is 0.326 e. The lowest BCUT2D eigenvalue weighted by Crippen LogP contribution is -2.50. The van der Waals surface area contributed by atoms with E-state index in [1.165, 1.54) is 13.8 Å². The molecule has 4 atom stereocenters. The largest absolute Gasteiger partial charge is 0.480 e. The molecule has 0 saturated heterocycles. The van der Waals surface area contributed by atoms with Crippen molar-refractivity contribution in [3.63, 3.8) is 0 Å². The molecule has 0 aliphatic rings. The van der Waals surface area contributed by atoms with Gasteiger partial charge in [-0.2, -0.15) is 0 Å². The number of amides is 3. The first-order chi connectivity index (χ1) is 13.1. The number of carboxylic acids is 1. The number of rotatable bonds is 14. The van der Waals surface area contributed by atoms with E-state index in [1.54, 1.807) is 0 Å². The fourth-order valence-corrected chi connectivity index (χ4v) is 2.22. The number of carbonyl (C=O) groups is 5. The Bertz CT molecular complexity index is 554. The fraction of sp³-hybridized carbons (Fsp3) is 0.706. The van der Waals surface area contributed by atoms with Gasteiger partial charge in [0.2, 0.25) is 17.7 Å². The zero-order chi connectivity index (χ0) is 21.7. The third-order valence-electron chi connectivity index (χ3n) is 3.86. The van der Waals surface area contributed by atoms with Crippen LogP contribution in [0, 0.1) is 0 Å². The lowest BCUT2D eigenvalue weighted by Gasteiger charge is -2.20. The summed E-state index contributed by atoms with van der Waals surface area (Å²) in [6.07, 6.45) is 1.75. The molecule has 0 aromatic heterocycles. The quantitative estimate of drug-likeness (QED) is 0.142. The summed E-state index contributed by atoms with van der Waals surface area (Å²) in [5, 5.41) is 16.4. The predicted molar refractivity (Wildman–Crippen MR) is 101 cm³/mol. The molecule has 0 aromatic rings. The highest BCUT2D eigenvalue weighted by molar-refractivity contribution is 5.90. The molecule has 0 radical (unpaired) electrons. The van der Waals surface area contributed by atoms with Gasteiger partial charge in [0.25, 0.3) is 0 Å². The average Bonchev–Trinajstić information content (AvgIpc) is 2.63. The molecule has 0 unspecified atom stereocenters. The number of nitrogens with two attached hydrogens (primary N) is 2. The second-order valence-corrected chi connectivity index (χ2v) is 6.56. The van der Waals surface area contributed by atoms with Gasteiger partial charge < -0.3 is 37.3 Å². The molecule has 8 N–H and O–H groups in total. The molecule has 0 heterocycles. The zero-order valence-corrected chi connectivity index (χ0v) is 16.3. The first-order valence-corrected chi connectivity index (χ1v) is 9.16. The molecule has 28 heavy (non-hydrogen) atoms. The molecule has 0 spiro atoms. The van der Waals surface area contributed by atoms with E-state index in [2.05, 4.69) is 16.0 Å². The van der Waals surface area contributed by atoms with Crippen molar-refractivity contribution in [1.82, 2.24) is 16.0 Å². The van der Waals surface area contributed by atoms with Gasteiger partial charge in [0, 0.05) is 6.42 Å². The molecule has 0 bridgehead atoms. The molecule has 11 nitrogen and oxygen atoms in total. The SMILES string of the molecule is C[C@H](C=O)NC(=O)[C@H](CCCCN)NC(=O)CC[C@@H](NC(=O)[C@H](C)N)C(=O)O. The van der Waals surface area contributed by atoms with E-state index in [-0.39, 0.29) is 12.8 Å². The Morgan fingerprint density at radius 1 is 0.964 bits per heavy atom. The van der Waals surface area contributed by atoms with Crippen molar-refractivity contribution in [3.8, 4) is 0 Å². The van der Waals surface area contributed by atoms with Gasteiger partial charge in [-0.05, 0) is 46.1 Å². The van der Waals surface area contributed by atoms with E-state index >= 15 is 0 Å². The van der Waals surface area contributed by atoms with E-state index in [9.17, 15) is 24.0 Å². The average molecular weight is 401 g/mol. The first-order valence-electron chi connectivity index (χ1n) is 9.16. The highest BCUT2D eigenvalue weighted by Crippen LogP contribution is 2.04. The van der Waals surface area contributed by atoms with Crippen LogP contribution in [-0.4, -0.2) is 65.8 Å². The second kappa shape index (κ2) is 13.6. The van der Waals surface area contributed by atoms with Crippen LogP contribution < -0.4 is 27.4 Å². The van der Waals surface area contributed by atoms with Crippen molar-refractivity contribution in [3.05, 3.63) is 0 Å². The van der Waals surface area contributed by atoms with Crippen LogP contribution in [0.25, 0.3) is 0 Å². The molecule has 11 heteroatoms. The summed E-state index contributed by atoms with van der Waals surface area (Å²) in [4.78, 5) is 57.9. The Morgan fingerprint density at radius 3 is 2.11 bits per heavy atom. The van der Waals surface area contributed by atoms with Crippen LogP contribution in [0.1, 0.15) is 46.0 Å². The minimum Gasteiger partial charge on any atom is -0.480 e. The van der Waals surface area contributed by atoms with Crippen LogP contribution in [0.3, 0.4) is 0 Å². The Morgan fingerprint density at radius 2 is 1.61 bits per heavy atom. The topological polar surface area (TPSA) is 194 Å². The molecule has 0 aliphatic carbocycles. The standard InChI is InChI=1S/C17H31N5O6/c1-10(9-23)20-16(26)12(5-3-4-8-18)21-14(24)7-6-13(17(27)28)22-15(25)11(2)19/h9-13H,3-8,18-19H2,1-2H3,(H,20,26)(H,21,24)(H,22,25)(H,27,28)/t10-,11+,12+,13-/m1/s1. The van der Waals surface area contributed by atoms with Crippen molar-refractivity contribution < 1.29 is 29.1 Å². The van der Waals surface area contributed by atoms with Crippen LogP contribution >= 0.6 is 0 Å². The van der Waals surface area contributed by atoms with Gasteiger partial charge in [0.15, 0.2) is 0 Å². The van der Waals surface area contributed by atoms with Gasteiger partial charge in [-0.3, -0.25) is 14.4 Å². The number of hydrogen-bond donors (Lipinski definition) is 6. The van der Waals surface area contributed by atoms with E-state index in [0.29, 0.717) is 32.1 Å². The summed E-state index contributed by atoms with van der Waals surface area (Å²) in [7, 11) is 0. The lowest BCUT2D eigenvalue weighted by atomic mass is 10.1. The van der Waals surface area contributed by atoms with Gasteiger partial charge in [-0.25, -0.2) is 4.79 Å². The van der Waals surface area contributed by atoms with Gasteiger partial charge in [-0.15, -0.1) is 0 Å². The smallest absolute Gasteiger partial charge is 0.326 e. The second-order valence-electron chi connectivity index (χ2n) is 6.56. The van der Waals surface area contributed by atoms with Crippen molar-refractivity contribution in [2.75, 3.05) is 6.54 Å². The highest BCUT2D eigenvalue weighted by atomic mass is 16.4. The number of carbonyl (C=O) groups excluding carboxylic acids is 4. The molecule has 160 valence electrons. The Balaban J connectivity index is 4.80. The van der Waals surface area contributed by atoms with Crippen molar-refractivity contribution >= 4 is 30.0 Å². The monoisotopic (exact) mass is 401 g/mol. The molecular formula is C17H31N5O6. The maximum atomic E-state index is 12.2. The predicted octanol–water partition coefficient (Wildman–Crippen LogP) is -2.00. The Hall–Kier alpha value is -2.53. The van der Waals surface area contributed by atoms with E-state index in [4.69, 9.17) is 16.6 Å². The number of aldehydes is 1. The normalized spacial score (nSPS) is 14.9. The van der Waals surface area contributed by atoms with Crippen LogP contribution in [0.2, 0.25) is 0 Å². The summed E-state index contributed by atoms with van der Waals surface area (Å²) >= 11 is 0. The molecular weight excluding hydrogens is 370 g/mol. The number of hydrogen-bond acceptors (Lipinski definition) is 7. The van der Waals surface area contributed by atoms with E-state index < -0.39 is 47.9 Å². The van der Waals surface area contributed by atoms with Crippen molar-refractivity contribution in [1.29, 1.82) is 0 Å². The van der Waals surface area contributed by atoms with Gasteiger partial charge in [0.1, 0.15) is 18.4 Å². The molecule has 0 saturated carbocycles. The maximum absolute atomic E-state index is 12.2. The molecule has 0 rings (SSSR count). The summed E-state index contributed by atoms with van der Waals surface area (Å²) < 4.78 is 0. The summed E-state index contributed by atoms with van der Waals surface area (Å²) in [5.74, 6) is -2.99. The zero-order valence-electron chi connectivity index (χ0n) is 16.3. The Labute approximate surface area is 164 Å². The lowest BCUT2D eigenvalue weighted by molar-refractivity contribution is -0.142. The van der Waals surface area contributed by atoms with Crippen LogP contribution in [0.15, 0.2) is 0 Å². The number of nitrogens with one attached hydrogen (secondary N) is 3. The first kappa shape index (κ1) is 25.5. The number of unbranched alkanes of at least 4 members (excludes halogenated alkanes) is 1. The minimum absolute atomic E-state index is 0.165. The van der Waals surface area contributed by atoms with E-state index in [0.717, 1.165) is 0 Å². The van der Waals surface area contributed by atoms with Crippen molar-refractivity contribution in [2.45, 2.75) is 70.1 Å². The Kier molecular flexibility index (Phi) is 12.4. The molecule has 0 fully saturated rings. The highest BCUT2D eigenvalue weighted by Gasteiger charge is 2.25. The molecule has 0 aliphatic heterocycles. The van der Waals surface area contributed by atoms with Crippen LogP contribution in [0.5, 0.6) is 0 Å². The van der Waals surface area contributed by atoms with Crippen LogP contribution in [0.4, 0.5) is 0 Å².